The minimum Gasteiger partial charge on any atom is -0.393 e. The molecule has 2 aliphatic heterocycles. The van der Waals surface area contributed by atoms with Gasteiger partial charge in [0, 0.05) is 28.2 Å². The van der Waals surface area contributed by atoms with E-state index in [0.29, 0.717) is 22.9 Å². The molecule has 1 amide bonds. The van der Waals surface area contributed by atoms with Crippen molar-refractivity contribution >= 4 is 35.2 Å². The summed E-state index contributed by atoms with van der Waals surface area (Å²) < 4.78 is 0. The lowest BCUT2D eigenvalue weighted by atomic mass is 10.00. The molecule has 21 heavy (non-hydrogen) atoms. The van der Waals surface area contributed by atoms with E-state index in [4.69, 9.17) is 23.2 Å². The Morgan fingerprint density at radius 1 is 1.14 bits per heavy atom. The number of nitrogens with zero attached hydrogens (tertiary/aromatic N) is 1. The van der Waals surface area contributed by atoms with Gasteiger partial charge in [0.25, 0.3) is 0 Å². The fraction of sp³-hybridized carbons (Fsp3) is 0.438. The van der Waals surface area contributed by atoms with Gasteiger partial charge in [-0.05, 0) is 55.5 Å². The molecule has 2 heterocycles. The molecule has 1 aromatic carbocycles. The molecule has 0 spiro atoms. The topological polar surface area (TPSA) is 40.5 Å². The summed E-state index contributed by atoms with van der Waals surface area (Å²) in [5.41, 5.74) is 0.810. The largest absolute Gasteiger partial charge is 0.393 e. The van der Waals surface area contributed by atoms with Crippen molar-refractivity contribution in [2.75, 3.05) is 0 Å². The number of carbonyl (C=O) groups is 1. The van der Waals surface area contributed by atoms with Crippen LogP contribution in [0.2, 0.25) is 10.0 Å². The van der Waals surface area contributed by atoms with Crippen LogP contribution in [0, 0.1) is 0 Å². The number of carbonyl (C=O) groups excluding carboxylic acids is 1. The van der Waals surface area contributed by atoms with Crippen LogP contribution in [0.15, 0.2) is 24.3 Å². The maximum absolute atomic E-state index is 12.4. The number of halogens is 2. The highest BCUT2D eigenvalue weighted by atomic mass is 35.5. The number of rotatable bonds is 2. The maximum Gasteiger partial charge on any atom is 0.247 e. The molecule has 0 saturated carbocycles. The molecule has 2 atom stereocenters. The first-order valence-corrected chi connectivity index (χ1v) is 7.93. The van der Waals surface area contributed by atoms with Crippen LogP contribution in [0.4, 0.5) is 0 Å². The Hall–Kier alpha value is -1.03. The number of piperidine rings is 1. The molecule has 112 valence electrons. The molecule has 2 unspecified atom stereocenters. The first-order valence-electron chi connectivity index (χ1n) is 7.17. The van der Waals surface area contributed by atoms with Gasteiger partial charge in [-0.2, -0.15) is 0 Å². The number of hydrogen-bond acceptors (Lipinski definition) is 2. The molecule has 2 aliphatic rings. The van der Waals surface area contributed by atoms with E-state index in [1.54, 1.807) is 30.4 Å². The third kappa shape index (κ3) is 3.25. The van der Waals surface area contributed by atoms with Gasteiger partial charge in [0.1, 0.15) is 0 Å². The van der Waals surface area contributed by atoms with Gasteiger partial charge in [-0.1, -0.05) is 23.2 Å². The van der Waals surface area contributed by atoms with E-state index in [1.807, 2.05) is 4.90 Å². The summed E-state index contributed by atoms with van der Waals surface area (Å²) >= 11 is 11.9. The molecule has 0 radical (unpaired) electrons. The summed E-state index contributed by atoms with van der Waals surface area (Å²) in [6.07, 6.45) is 6.42. The first kappa shape index (κ1) is 14.9. The standard InChI is InChI=1S/C16H17Cl2NO2/c17-11-5-10(6-12(18)7-11)1-4-16(21)19-13-2-3-14(19)9-15(20)8-13/h1,4-7,13-15,20H,2-3,8-9H2. The van der Waals surface area contributed by atoms with Crippen molar-refractivity contribution in [3.63, 3.8) is 0 Å². The van der Waals surface area contributed by atoms with E-state index in [-0.39, 0.29) is 24.1 Å². The monoisotopic (exact) mass is 325 g/mol. The molecule has 1 N–H and O–H groups in total. The zero-order valence-corrected chi connectivity index (χ0v) is 13.0. The Bertz CT molecular complexity index is 553. The van der Waals surface area contributed by atoms with Gasteiger partial charge in [-0.3, -0.25) is 4.79 Å². The van der Waals surface area contributed by atoms with Crippen molar-refractivity contribution in [2.45, 2.75) is 43.9 Å². The lowest BCUT2D eigenvalue weighted by Gasteiger charge is -2.36. The number of benzene rings is 1. The Morgan fingerprint density at radius 2 is 1.71 bits per heavy atom. The zero-order valence-electron chi connectivity index (χ0n) is 11.5. The third-order valence-electron chi connectivity index (χ3n) is 4.27. The number of amides is 1. The van der Waals surface area contributed by atoms with E-state index in [0.717, 1.165) is 18.4 Å². The van der Waals surface area contributed by atoms with Crippen LogP contribution >= 0.6 is 23.2 Å². The summed E-state index contributed by atoms with van der Waals surface area (Å²) in [6.45, 7) is 0. The fourth-order valence-electron chi connectivity index (χ4n) is 3.43. The second kappa shape index (κ2) is 5.99. The lowest BCUT2D eigenvalue weighted by molar-refractivity contribution is -0.131. The molecule has 1 aromatic rings. The predicted octanol–water partition coefficient (Wildman–Crippen LogP) is 3.52. The molecule has 2 bridgehead atoms. The maximum atomic E-state index is 12.4. The van der Waals surface area contributed by atoms with Crippen LogP contribution in [0.5, 0.6) is 0 Å². The number of fused-ring (bicyclic) bond motifs is 2. The Balaban J connectivity index is 1.73. The fourth-order valence-corrected chi connectivity index (χ4v) is 3.98. The van der Waals surface area contributed by atoms with Gasteiger partial charge < -0.3 is 10.0 Å². The molecule has 2 saturated heterocycles. The normalized spacial score (nSPS) is 28.3. The third-order valence-corrected chi connectivity index (χ3v) is 4.70. The van der Waals surface area contributed by atoms with E-state index >= 15 is 0 Å². The highest BCUT2D eigenvalue weighted by molar-refractivity contribution is 6.34. The quantitative estimate of drug-likeness (QED) is 0.845. The summed E-state index contributed by atoms with van der Waals surface area (Å²) in [6, 6.07) is 5.56. The van der Waals surface area contributed by atoms with Crippen LogP contribution in [0.25, 0.3) is 6.08 Å². The van der Waals surface area contributed by atoms with Gasteiger partial charge in [-0.15, -0.1) is 0 Å². The van der Waals surface area contributed by atoms with E-state index in [2.05, 4.69) is 0 Å². The zero-order chi connectivity index (χ0) is 15.0. The van der Waals surface area contributed by atoms with Crippen LogP contribution < -0.4 is 0 Å². The van der Waals surface area contributed by atoms with Crippen LogP contribution in [-0.2, 0) is 4.79 Å². The number of hydrogen-bond donors (Lipinski definition) is 1. The molecule has 3 rings (SSSR count). The van der Waals surface area contributed by atoms with Crippen molar-refractivity contribution in [2.24, 2.45) is 0 Å². The smallest absolute Gasteiger partial charge is 0.247 e. The van der Waals surface area contributed by atoms with Crippen molar-refractivity contribution in [1.29, 1.82) is 0 Å². The van der Waals surface area contributed by atoms with Gasteiger partial charge in [0.05, 0.1) is 6.10 Å². The first-order chi connectivity index (χ1) is 10.0. The summed E-state index contributed by atoms with van der Waals surface area (Å²) in [7, 11) is 0. The molecular formula is C16H17Cl2NO2. The van der Waals surface area contributed by atoms with Crippen molar-refractivity contribution < 1.29 is 9.90 Å². The molecule has 2 fully saturated rings. The Morgan fingerprint density at radius 3 is 2.29 bits per heavy atom. The van der Waals surface area contributed by atoms with Gasteiger partial charge in [-0.25, -0.2) is 0 Å². The van der Waals surface area contributed by atoms with Crippen LogP contribution in [0.1, 0.15) is 31.2 Å². The minimum atomic E-state index is -0.262. The number of aliphatic hydroxyl groups excluding tert-OH is 1. The van der Waals surface area contributed by atoms with E-state index in [9.17, 15) is 9.90 Å². The van der Waals surface area contributed by atoms with Crippen molar-refractivity contribution in [3.05, 3.63) is 39.9 Å². The van der Waals surface area contributed by atoms with Crippen molar-refractivity contribution in [3.8, 4) is 0 Å². The molecule has 3 nitrogen and oxygen atoms in total. The van der Waals surface area contributed by atoms with Crippen LogP contribution in [0.3, 0.4) is 0 Å². The second-order valence-electron chi connectivity index (χ2n) is 5.79. The molecular weight excluding hydrogens is 309 g/mol. The SMILES string of the molecule is O=C(C=Cc1cc(Cl)cc(Cl)c1)N1C2CCC1CC(O)C2. The second-order valence-corrected chi connectivity index (χ2v) is 6.66. The lowest BCUT2D eigenvalue weighted by Crippen LogP contribution is -2.47. The number of aliphatic hydroxyl groups is 1. The average molecular weight is 326 g/mol. The van der Waals surface area contributed by atoms with E-state index in [1.165, 1.54) is 0 Å². The predicted molar refractivity (Wildman–Crippen MR) is 84.4 cm³/mol. The van der Waals surface area contributed by atoms with Gasteiger partial charge in [0.15, 0.2) is 0 Å². The van der Waals surface area contributed by atoms with E-state index < -0.39 is 0 Å². The van der Waals surface area contributed by atoms with Crippen LogP contribution in [-0.4, -0.2) is 34.1 Å². The average Bonchev–Trinajstić information content (AvgIpc) is 2.67. The summed E-state index contributed by atoms with van der Waals surface area (Å²) in [4.78, 5) is 14.3. The molecule has 5 heteroatoms. The highest BCUT2D eigenvalue weighted by Crippen LogP contribution is 2.35. The van der Waals surface area contributed by atoms with Gasteiger partial charge >= 0.3 is 0 Å². The Labute approximate surface area is 134 Å². The minimum absolute atomic E-state index is 0.00509. The molecule has 0 aromatic heterocycles. The highest BCUT2D eigenvalue weighted by Gasteiger charge is 2.41. The summed E-state index contributed by atoms with van der Waals surface area (Å²) in [5, 5.41) is 10.9. The molecule has 0 aliphatic carbocycles. The Kier molecular flexibility index (Phi) is 4.25. The van der Waals surface area contributed by atoms with Crippen molar-refractivity contribution in [1.82, 2.24) is 4.90 Å². The van der Waals surface area contributed by atoms with Gasteiger partial charge in [0.2, 0.25) is 5.91 Å². The summed E-state index contributed by atoms with van der Waals surface area (Å²) in [5.74, 6) is 0.00509.